The monoisotopic (exact) mass is 779 g/mol. The van der Waals surface area contributed by atoms with Crippen molar-refractivity contribution < 1.29 is 4.79 Å². The van der Waals surface area contributed by atoms with Crippen LogP contribution in [0.4, 0.5) is 17.1 Å². The number of benzene rings is 9. The molecule has 0 radical (unpaired) electrons. The van der Waals surface area contributed by atoms with Gasteiger partial charge in [0.15, 0.2) is 5.78 Å². The Kier molecular flexibility index (Phi) is 7.68. The summed E-state index contributed by atoms with van der Waals surface area (Å²) in [5.74, 6) is 0.0200. The van der Waals surface area contributed by atoms with Gasteiger partial charge in [-0.05, 0) is 126 Å². The molecule has 2 aliphatic carbocycles. The second-order valence-corrected chi connectivity index (χ2v) is 17.2. The quantitative estimate of drug-likeness (QED) is 0.162. The Hall–Kier alpha value is -7.55. The van der Waals surface area contributed by atoms with Crippen LogP contribution in [0.3, 0.4) is 0 Å². The molecule has 9 aromatic rings. The molecule has 0 unspecified atom stereocenters. The van der Waals surface area contributed by atoms with Crippen LogP contribution in [-0.2, 0) is 10.8 Å². The van der Waals surface area contributed by atoms with E-state index in [1.165, 1.54) is 67.0 Å². The molecule has 0 saturated carbocycles. The standard InChI is InChI=1S/C59H41NO/c1-58(2)52-28-12-13-29-55(52)60(44-20-4-3-5-21-44)56-33-31-41(36-54(56)58)39-17-14-16-38(34-39)40-18-15-19-42(35-40)57(61)43-30-32-48-47-24-8-11-27-51(47)59(53(48)37-43)49-25-9-6-22-45(49)46-23-7-10-26-50(46)59/h3-37H,1-2H3. The van der Waals surface area contributed by atoms with Crippen LogP contribution in [0.2, 0.25) is 0 Å². The average molecular weight is 780 g/mol. The lowest BCUT2D eigenvalue weighted by Crippen LogP contribution is -2.30. The Morgan fingerprint density at radius 1 is 0.361 bits per heavy atom. The van der Waals surface area contributed by atoms with Gasteiger partial charge in [0.2, 0.25) is 0 Å². The van der Waals surface area contributed by atoms with Crippen molar-refractivity contribution in [3.8, 4) is 44.5 Å². The van der Waals surface area contributed by atoms with Gasteiger partial charge >= 0.3 is 0 Å². The number of anilines is 3. The number of hydrogen-bond acceptors (Lipinski definition) is 2. The fourth-order valence-corrected chi connectivity index (χ4v) is 10.9. The summed E-state index contributed by atoms with van der Waals surface area (Å²) in [6.45, 7) is 4.67. The fraction of sp³-hybridized carbons (Fsp3) is 0.0678. The molecule has 0 bridgehead atoms. The van der Waals surface area contributed by atoms with Gasteiger partial charge in [-0.25, -0.2) is 0 Å². The number of fused-ring (bicyclic) bond motifs is 12. The van der Waals surface area contributed by atoms with Crippen LogP contribution in [0.15, 0.2) is 212 Å². The lowest BCUT2D eigenvalue weighted by molar-refractivity contribution is 0.103. The molecule has 0 fully saturated rings. The summed E-state index contributed by atoms with van der Waals surface area (Å²) in [5, 5.41) is 0. The first kappa shape index (κ1) is 35.4. The van der Waals surface area contributed by atoms with Gasteiger partial charge in [-0.2, -0.15) is 0 Å². The smallest absolute Gasteiger partial charge is 0.193 e. The predicted molar refractivity (Wildman–Crippen MR) is 250 cm³/mol. The zero-order chi connectivity index (χ0) is 40.9. The normalized spacial score (nSPS) is 14.4. The Morgan fingerprint density at radius 2 is 0.852 bits per heavy atom. The number of carbonyl (C=O) groups excluding carboxylic acids is 1. The van der Waals surface area contributed by atoms with E-state index in [0.29, 0.717) is 11.1 Å². The van der Waals surface area contributed by atoms with Crippen LogP contribution in [-0.4, -0.2) is 5.78 Å². The van der Waals surface area contributed by atoms with Crippen LogP contribution < -0.4 is 4.90 Å². The van der Waals surface area contributed by atoms with Gasteiger partial charge in [0.1, 0.15) is 0 Å². The van der Waals surface area contributed by atoms with E-state index in [0.717, 1.165) is 27.9 Å². The van der Waals surface area contributed by atoms with Crippen molar-refractivity contribution in [3.63, 3.8) is 0 Å². The maximum Gasteiger partial charge on any atom is 0.193 e. The molecular formula is C59H41NO. The maximum atomic E-state index is 14.7. The first-order valence-corrected chi connectivity index (χ1v) is 21.2. The number of rotatable bonds is 5. The van der Waals surface area contributed by atoms with E-state index in [4.69, 9.17) is 0 Å². The van der Waals surface area contributed by atoms with E-state index < -0.39 is 5.41 Å². The molecule has 9 aromatic carbocycles. The van der Waals surface area contributed by atoms with Crippen molar-refractivity contribution in [1.29, 1.82) is 0 Å². The van der Waals surface area contributed by atoms with Gasteiger partial charge in [-0.1, -0.05) is 178 Å². The molecule has 12 rings (SSSR count). The summed E-state index contributed by atoms with van der Waals surface area (Å²) in [6.07, 6.45) is 0. The SMILES string of the molecule is CC1(C)c2ccccc2N(c2ccccc2)c2ccc(-c3cccc(-c4cccc(C(=O)c5ccc6c(c5)C5(c7ccccc7-c7ccccc75)c5ccccc5-6)c4)c3)cc21. The molecule has 2 nitrogen and oxygen atoms in total. The molecule has 0 atom stereocenters. The topological polar surface area (TPSA) is 20.3 Å². The van der Waals surface area contributed by atoms with Crippen LogP contribution >= 0.6 is 0 Å². The van der Waals surface area contributed by atoms with E-state index in [1.54, 1.807) is 0 Å². The summed E-state index contributed by atoms with van der Waals surface area (Å²) in [5.41, 5.74) is 21.1. The van der Waals surface area contributed by atoms with E-state index >= 15 is 0 Å². The van der Waals surface area contributed by atoms with E-state index in [9.17, 15) is 4.79 Å². The molecule has 288 valence electrons. The van der Waals surface area contributed by atoms with Crippen molar-refractivity contribution in [2.45, 2.75) is 24.7 Å². The van der Waals surface area contributed by atoms with Gasteiger partial charge in [0.05, 0.1) is 16.8 Å². The summed E-state index contributed by atoms with van der Waals surface area (Å²) in [6, 6.07) is 75.9. The Bertz CT molecular complexity index is 3200. The fourth-order valence-electron chi connectivity index (χ4n) is 10.9. The molecule has 1 spiro atoms. The number of para-hydroxylation sites is 2. The zero-order valence-electron chi connectivity index (χ0n) is 34.1. The number of nitrogens with zero attached hydrogens (tertiary/aromatic N) is 1. The summed E-state index contributed by atoms with van der Waals surface area (Å²) in [4.78, 5) is 17.1. The molecular weight excluding hydrogens is 739 g/mol. The first-order chi connectivity index (χ1) is 29.9. The lowest BCUT2D eigenvalue weighted by Gasteiger charge is -2.42. The Morgan fingerprint density at radius 3 is 1.51 bits per heavy atom. The van der Waals surface area contributed by atoms with Crippen LogP contribution in [0.5, 0.6) is 0 Å². The molecule has 1 aliphatic heterocycles. The third kappa shape index (κ3) is 5.06. The van der Waals surface area contributed by atoms with Gasteiger partial charge < -0.3 is 4.90 Å². The van der Waals surface area contributed by atoms with Crippen LogP contribution in [0.1, 0.15) is 63.1 Å². The number of carbonyl (C=O) groups is 1. The van der Waals surface area contributed by atoms with Gasteiger partial charge in [-0.15, -0.1) is 0 Å². The van der Waals surface area contributed by atoms with Crippen molar-refractivity contribution in [2.75, 3.05) is 4.90 Å². The largest absolute Gasteiger partial charge is 0.310 e. The van der Waals surface area contributed by atoms with Gasteiger partial charge in [0, 0.05) is 22.2 Å². The third-order valence-electron chi connectivity index (χ3n) is 13.7. The van der Waals surface area contributed by atoms with Crippen molar-refractivity contribution in [2.24, 2.45) is 0 Å². The molecule has 0 saturated heterocycles. The summed E-state index contributed by atoms with van der Waals surface area (Å²) >= 11 is 0. The molecule has 3 aliphatic rings. The highest BCUT2D eigenvalue weighted by atomic mass is 16.1. The third-order valence-corrected chi connectivity index (χ3v) is 13.7. The lowest BCUT2D eigenvalue weighted by atomic mass is 9.70. The van der Waals surface area contributed by atoms with Crippen LogP contribution in [0.25, 0.3) is 44.5 Å². The molecule has 1 heterocycles. The average Bonchev–Trinajstić information content (AvgIpc) is 3.79. The highest BCUT2D eigenvalue weighted by Crippen LogP contribution is 2.63. The first-order valence-electron chi connectivity index (χ1n) is 21.2. The van der Waals surface area contributed by atoms with Crippen molar-refractivity contribution in [3.05, 3.63) is 257 Å². The Labute approximate surface area is 357 Å². The van der Waals surface area contributed by atoms with E-state index in [-0.39, 0.29) is 11.2 Å². The number of hydrogen-bond donors (Lipinski definition) is 0. The number of ketones is 1. The highest BCUT2D eigenvalue weighted by molar-refractivity contribution is 6.10. The molecule has 0 aromatic heterocycles. The predicted octanol–water partition coefficient (Wildman–Crippen LogP) is 14.7. The second kappa shape index (κ2) is 13.2. The molecule has 0 N–H and O–H groups in total. The maximum absolute atomic E-state index is 14.7. The molecule has 61 heavy (non-hydrogen) atoms. The summed E-state index contributed by atoms with van der Waals surface area (Å²) < 4.78 is 0. The summed E-state index contributed by atoms with van der Waals surface area (Å²) in [7, 11) is 0. The van der Waals surface area contributed by atoms with Crippen molar-refractivity contribution in [1.82, 2.24) is 0 Å². The molecule has 2 heteroatoms. The highest BCUT2D eigenvalue weighted by Gasteiger charge is 2.51. The van der Waals surface area contributed by atoms with E-state index in [2.05, 4.69) is 213 Å². The van der Waals surface area contributed by atoms with Gasteiger partial charge in [0.25, 0.3) is 0 Å². The molecule has 0 amide bonds. The van der Waals surface area contributed by atoms with E-state index in [1.807, 2.05) is 18.2 Å². The van der Waals surface area contributed by atoms with Crippen LogP contribution in [0, 0.1) is 0 Å². The minimum absolute atomic E-state index is 0.0200. The Balaban J connectivity index is 0.917. The van der Waals surface area contributed by atoms with Crippen molar-refractivity contribution >= 4 is 22.8 Å². The van der Waals surface area contributed by atoms with Gasteiger partial charge in [-0.3, -0.25) is 4.79 Å². The second-order valence-electron chi connectivity index (χ2n) is 17.2. The minimum atomic E-state index is -0.493. The minimum Gasteiger partial charge on any atom is -0.310 e. The zero-order valence-corrected chi connectivity index (χ0v) is 34.1.